The zero-order chi connectivity index (χ0) is 21.5. The molecule has 1 aliphatic heterocycles. The number of likely N-dealkylation sites (tertiary alicyclic amines) is 1. The van der Waals surface area contributed by atoms with E-state index in [-0.39, 0.29) is 17.6 Å². The summed E-state index contributed by atoms with van der Waals surface area (Å²) in [4.78, 5) is 32.6. The zero-order valence-corrected chi connectivity index (χ0v) is 17.3. The van der Waals surface area contributed by atoms with Gasteiger partial charge in [-0.1, -0.05) is 6.07 Å². The molecule has 0 saturated carbocycles. The Morgan fingerprint density at radius 2 is 1.90 bits per heavy atom. The van der Waals surface area contributed by atoms with E-state index in [4.69, 9.17) is 4.74 Å². The second-order valence-corrected chi connectivity index (χ2v) is 7.43. The summed E-state index contributed by atoms with van der Waals surface area (Å²) in [5.41, 5.74) is 0.528. The number of ether oxygens (including phenoxy) is 1. The number of amides is 2. The van der Waals surface area contributed by atoms with Gasteiger partial charge in [0.2, 0.25) is 5.88 Å². The predicted molar refractivity (Wildman–Crippen MR) is 112 cm³/mol. The van der Waals surface area contributed by atoms with Gasteiger partial charge in [-0.25, -0.2) is 9.18 Å². The molecule has 160 valence electrons. The van der Waals surface area contributed by atoms with E-state index < -0.39 is 0 Å². The van der Waals surface area contributed by atoms with Gasteiger partial charge in [0.1, 0.15) is 11.6 Å². The normalized spacial score (nSPS) is 14.9. The van der Waals surface area contributed by atoms with Crippen LogP contribution < -0.4 is 15.0 Å². The highest BCUT2D eigenvalue weighted by Gasteiger charge is 2.22. The summed E-state index contributed by atoms with van der Waals surface area (Å²) in [6.45, 7) is 2.49. The fourth-order valence-corrected chi connectivity index (χ4v) is 3.44. The Kier molecular flexibility index (Phi) is 7.35. The lowest BCUT2D eigenvalue weighted by Gasteiger charge is -2.31. The van der Waals surface area contributed by atoms with Crippen molar-refractivity contribution in [3.8, 4) is 5.88 Å². The largest absolute Gasteiger partial charge is 0.481 e. The third-order valence-corrected chi connectivity index (χ3v) is 5.35. The number of piperidine rings is 1. The molecule has 2 aromatic rings. The number of Topliss-reactive ketones (excluding diaryl/α,β-unsaturated/α-hetero) is 1. The Morgan fingerprint density at radius 1 is 1.20 bits per heavy atom. The fourth-order valence-electron chi connectivity index (χ4n) is 3.44. The van der Waals surface area contributed by atoms with Crippen LogP contribution in [-0.2, 0) is 0 Å². The van der Waals surface area contributed by atoms with Gasteiger partial charge in [0.05, 0.1) is 13.7 Å². The van der Waals surface area contributed by atoms with E-state index in [1.54, 1.807) is 25.2 Å². The molecule has 0 unspecified atom stereocenters. The molecule has 1 saturated heterocycles. The van der Waals surface area contributed by atoms with Crippen molar-refractivity contribution in [3.63, 3.8) is 0 Å². The Morgan fingerprint density at radius 3 is 2.57 bits per heavy atom. The molecule has 0 radical (unpaired) electrons. The number of carbonyl (C=O) groups excluding carboxylic acids is 2. The number of halogens is 1. The van der Waals surface area contributed by atoms with Crippen LogP contribution in [0.5, 0.6) is 5.88 Å². The van der Waals surface area contributed by atoms with Gasteiger partial charge < -0.3 is 10.1 Å². The Hall–Kier alpha value is -3.00. The Labute approximate surface area is 175 Å². The number of pyridine rings is 1. The molecule has 8 heteroatoms. The first-order chi connectivity index (χ1) is 14.5. The molecule has 30 heavy (non-hydrogen) atoms. The predicted octanol–water partition coefficient (Wildman–Crippen LogP) is 2.97. The van der Waals surface area contributed by atoms with Crippen LogP contribution in [0.2, 0.25) is 0 Å². The molecule has 0 bridgehead atoms. The van der Waals surface area contributed by atoms with Crippen LogP contribution in [0.3, 0.4) is 0 Å². The molecular formula is C22H27FN4O3. The van der Waals surface area contributed by atoms with E-state index in [1.807, 2.05) is 0 Å². The molecule has 0 aliphatic carbocycles. The average molecular weight is 414 g/mol. The van der Waals surface area contributed by atoms with Crippen molar-refractivity contribution in [1.29, 1.82) is 0 Å². The molecule has 7 nitrogen and oxygen atoms in total. The maximum Gasteiger partial charge on any atom is 0.322 e. The van der Waals surface area contributed by atoms with Crippen LogP contribution >= 0.6 is 0 Å². The van der Waals surface area contributed by atoms with Crippen LogP contribution in [-0.4, -0.2) is 62.0 Å². The molecule has 0 atom stereocenters. The van der Waals surface area contributed by atoms with Gasteiger partial charge in [-0.3, -0.25) is 14.6 Å². The van der Waals surface area contributed by atoms with E-state index >= 15 is 0 Å². The van der Waals surface area contributed by atoms with Crippen molar-refractivity contribution in [2.75, 3.05) is 45.2 Å². The minimum atomic E-state index is -0.345. The second-order valence-electron chi connectivity index (χ2n) is 7.43. The van der Waals surface area contributed by atoms with E-state index in [9.17, 15) is 14.0 Å². The van der Waals surface area contributed by atoms with Gasteiger partial charge in [0.25, 0.3) is 0 Å². The first-order valence-electron chi connectivity index (χ1n) is 10.00. The van der Waals surface area contributed by atoms with Gasteiger partial charge in [0.15, 0.2) is 5.78 Å². The first kappa shape index (κ1) is 21.7. The minimum absolute atomic E-state index is 0.00540. The molecule has 1 aromatic heterocycles. The second kappa shape index (κ2) is 10.2. The maximum atomic E-state index is 13.0. The van der Waals surface area contributed by atoms with Crippen LogP contribution in [0, 0.1) is 11.7 Å². The summed E-state index contributed by atoms with van der Waals surface area (Å²) in [6, 6.07) is 10.7. The van der Waals surface area contributed by atoms with Crippen molar-refractivity contribution >= 4 is 17.6 Å². The molecule has 1 aromatic carbocycles. The summed E-state index contributed by atoms with van der Waals surface area (Å²) in [5.74, 6) is 0.977. The van der Waals surface area contributed by atoms with Crippen LogP contribution in [0.1, 0.15) is 23.2 Å². The standard InChI is InChI=1S/C22H27FN4O3/c1-26(20-4-3-5-21(25-20)30-2)22(29)24-14-16-10-12-27(13-11-16)15-19(28)17-6-8-18(23)9-7-17/h3-9,16H,10-15H2,1-2H3,(H,24,29). The van der Waals surface area contributed by atoms with Crippen LogP contribution in [0.25, 0.3) is 0 Å². The number of carbonyl (C=O) groups is 2. The van der Waals surface area contributed by atoms with Crippen molar-refractivity contribution in [2.45, 2.75) is 12.8 Å². The van der Waals surface area contributed by atoms with Gasteiger partial charge in [-0.05, 0) is 62.2 Å². The summed E-state index contributed by atoms with van der Waals surface area (Å²) in [5, 5.41) is 2.96. The number of hydrogen-bond donors (Lipinski definition) is 1. The summed E-state index contributed by atoms with van der Waals surface area (Å²) in [6.07, 6.45) is 1.80. The Bertz CT molecular complexity index is 867. The number of anilines is 1. The highest BCUT2D eigenvalue weighted by Crippen LogP contribution is 2.18. The van der Waals surface area contributed by atoms with Crippen molar-refractivity contribution < 1.29 is 18.7 Å². The van der Waals surface area contributed by atoms with Crippen LogP contribution in [0.15, 0.2) is 42.5 Å². The molecule has 1 fully saturated rings. The third kappa shape index (κ3) is 5.76. The number of benzene rings is 1. The Balaban J connectivity index is 1.41. The minimum Gasteiger partial charge on any atom is -0.481 e. The van der Waals surface area contributed by atoms with Crippen LogP contribution in [0.4, 0.5) is 15.0 Å². The van der Waals surface area contributed by atoms with E-state index in [1.165, 1.54) is 36.3 Å². The molecule has 0 spiro atoms. The van der Waals surface area contributed by atoms with Crippen molar-refractivity contribution in [1.82, 2.24) is 15.2 Å². The number of urea groups is 1. The molecule has 2 heterocycles. The van der Waals surface area contributed by atoms with E-state index in [0.29, 0.717) is 36.3 Å². The SMILES string of the molecule is COc1cccc(N(C)C(=O)NCC2CCN(CC(=O)c3ccc(F)cc3)CC2)n1. The smallest absolute Gasteiger partial charge is 0.322 e. The number of nitrogens with one attached hydrogen (secondary N) is 1. The number of nitrogens with zero attached hydrogens (tertiary/aromatic N) is 3. The summed E-state index contributed by atoms with van der Waals surface area (Å²) >= 11 is 0. The molecule has 2 amide bonds. The number of ketones is 1. The molecule has 3 rings (SSSR count). The molecule has 1 aliphatic rings. The number of methoxy groups -OCH3 is 1. The lowest BCUT2D eigenvalue weighted by atomic mass is 9.96. The van der Waals surface area contributed by atoms with Gasteiger partial charge in [0, 0.05) is 25.2 Å². The topological polar surface area (TPSA) is 74.8 Å². The quantitative estimate of drug-likeness (QED) is 0.705. The van der Waals surface area contributed by atoms with Crippen molar-refractivity contribution in [3.05, 3.63) is 53.8 Å². The monoisotopic (exact) mass is 414 g/mol. The third-order valence-electron chi connectivity index (χ3n) is 5.35. The molecule has 1 N–H and O–H groups in total. The average Bonchev–Trinajstić information content (AvgIpc) is 2.78. The number of aromatic nitrogens is 1. The highest BCUT2D eigenvalue weighted by atomic mass is 19.1. The number of hydrogen-bond acceptors (Lipinski definition) is 5. The lowest BCUT2D eigenvalue weighted by molar-refractivity contribution is 0.0896. The number of rotatable bonds is 7. The van der Waals surface area contributed by atoms with Gasteiger partial charge in [-0.15, -0.1) is 0 Å². The van der Waals surface area contributed by atoms with E-state index in [2.05, 4.69) is 15.2 Å². The van der Waals surface area contributed by atoms with E-state index in [0.717, 1.165) is 25.9 Å². The van der Waals surface area contributed by atoms with Crippen molar-refractivity contribution in [2.24, 2.45) is 5.92 Å². The maximum absolute atomic E-state index is 13.0. The fraction of sp³-hybridized carbons (Fsp3) is 0.409. The van der Waals surface area contributed by atoms with Gasteiger partial charge >= 0.3 is 6.03 Å². The lowest BCUT2D eigenvalue weighted by Crippen LogP contribution is -2.43. The summed E-state index contributed by atoms with van der Waals surface area (Å²) in [7, 11) is 3.20. The zero-order valence-electron chi connectivity index (χ0n) is 17.3. The molecular weight excluding hydrogens is 387 g/mol. The van der Waals surface area contributed by atoms with Gasteiger partial charge in [-0.2, -0.15) is 4.98 Å². The summed E-state index contributed by atoms with van der Waals surface area (Å²) < 4.78 is 18.1. The first-order valence-corrected chi connectivity index (χ1v) is 10.00. The highest BCUT2D eigenvalue weighted by molar-refractivity contribution is 5.97.